The molecule has 18 heavy (non-hydrogen) atoms. The summed E-state index contributed by atoms with van der Waals surface area (Å²) in [4.78, 5) is 13.7. The van der Waals surface area contributed by atoms with Crippen molar-refractivity contribution < 1.29 is 9.53 Å². The highest BCUT2D eigenvalue weighted by Gasteiger charge is 2.30. The van der Waals surface area contributed by atoms with Crippen LogP contribution in [-0.2, 0) is 4.79 Å². The van der Waals surface area contributed by atoms with Crippen molar-refractivity contribution in [2.45, 2.75) is 13.8 Å². The number of amides is 1. The maximum atomic E-state index is 12.0. The van der Waals surface area contributed by atoms with E-state index in [1.165, 1.54) is 0 Å². The van der Waals surface area contributed by atoms with Gasteiger partial charge in [-0.1, -0.05) is 25.4 Å². The SMILES string of the molecule is CC(C)(CS)CN1C(=O)COc2ccc(Cl)cc21. The Morgan fingerprint density at radius 2 is 2.22 bits per heavy atom. The molecule has 1 heterocycles. The van der Waals surface area contributed by atoms with Crippen molar-refractivity contribution in [2.24, 2.45) is 5.41 Å². The van der Waals surface area contributed by atoms with Gasteiger partial charge in [0.1, 0.15) is 5.75 Å². The van der Waals surface area contributed by atoms with Gasteiger partial charge in [0.05, 0.1) is 5.69 Å². The fourth-order valence-electron chi connectivity index (χ4n) is 1.83. The lowest BCUT2D eigenvalue weighted by atomic mass is 9.95. The summed E-state index contributed by atoms with van der Waals surface area (Å²) in [7, 11) is 0. The summed E-state index contributed by atoms with van der Waals surface area (Å²) in [5.74, 6) is 1.36. The molecule has 2 rings (SSSR count). The number of nitrogens with zero attached hydrogens (tertiary/aromatic N) is 1. The lowest BCUT2D eigenvalue weighted by Crippen LogP contribution is -2.44. The van der Waals surface area contributed by atoms with Crippen LogP contribution in [0.2, 0.25) is 5.02 Å². The van der Waals surface area contributed by atoms with E-state index >= 15 is 0 Å². The van der Waals surface area contributed by atoms with Gasteiger partial charge in [-0.05, 0) is 29.4 Å². The third kappa shape index (κ3) is 2.75. The summed E-state index contributed by atoms with van der Waals surface area (Å²) in [5.41, 5.74) is 0.684. The highest BCUT2D eigenvalue weighted by molar-refractivity contribution is 7.80. The van der Waals surface area contributed by atoms with Crippen LogP contribution in [0.15, 0.2) is 18.2 Å². The molecule has 0 saturated heterocycles. The average Bonchev–Trinajstić information content (AvgIpc) is 2.33. The second-order valence-electron chi connectivity index (χ2n) is 5.20. The number of ether oxygens (including phenoxy) is 1. The van der Waals surface area contributed by atoms with Crippen LogP contribution in [0.5, 0.6) is 5.75 Å². The Labute approximate surface area is 117 Å². The molecule has 0 saturated carbocycles. The summed E-state index contributed by atoms with van der Waals surface area (Å²) in [6.45, 7) is 4.84. The van der Waals surface area contributed by atoms with E-state index in [9.17, 15) is 4.79 Å². The van der Waals surface area contributed by atoms with Crippen LogP contribution in [0.3, 0.4) is 0 Å². The molecule has 0 aromatic heterocycles. The standard InChI is InChI=1S/C13H16ClNO2S/c1-13(2,8-18)7-15-10-5-9(14)3-4-11(10)17-6-12(15)16/h3-5,18H,6-8H2,1-2H3. The minimum atomic E-state index is -0.0598. The first-order valence-electron chi connectivity index (χ1n) is 5.76. The monoisotopic (exact) mass is 285 g/mol. The first kappa shape index (κ1) is 13.6. The van der Waals surface area contributed by atoms with Crippen LogP contribution in [0.4, 0.5) is 5.69 Å². The molecule has 5 heteroatoms. The number of anilines is 1. The number of rotatable bonds is 3. The molecule has 0 N–H and O–H groups in total. The molecule has 1 aromatic rings. The van der Waals surface area contributed by atoms with E-state index in [4.69, 9.17) is 16.3 Å². The molecule has 1 aromatic carbocycles. The van der Waals surface area contributed by atoms with E-state index in [0.717, 1.165) is 5.69 Å². The van der Waals surface area contributed by atoms with Crippen molar-refractivity contribution in [2.75, 3.05) is 23.8 Å². The summed E-state index contributed by atoms with van der Waals surface area (Å²) in [5, 5.41) is 0.598. The van der Waals surface area contributed by atoms with Crippen molar-refractivity contribution in [1.29, 1.82) is 0 Å². The molecule has 0 aliphatic carbocycles. The zero-order valence-electron chi connectivity index (χ0n) is 10.4. The third-order valence-electron chi connectivity index (χ3n) is 2.88. The number of hydrogen-bond acceptors (Lipinski definition) is 3. The summed E-state index contributed by atoms with van der Waals surface area (Å²) < 4.78 is 5.40. The van der Waals surface area contributed by atoms with Crippen LogP contribution in [0.25, 0.3) is 0 Å². The van der Waals surface area contributed by atoms with Gasteiger partial charge >= 0.3 is 0 Å². The Bertz CT molecular complexity index is 476. The molecule has 1 amide bonds. The highest BCUT2D eigenvalue weighted by atomic mass is 35.5. The molecule has 0 spiro atoms. The lowest BCUT2D eigenvalue weighted by molar-refractivity contribution is -0.121. The number of thiol groups is 1. The van der Waals surface area contributed by atoms with Crippen molar-refractivity contribution in [3.05, 3.63) is 23.2 Å². The fraction of sp³-hybridized carbons (Fsp3) is 0.462. The molecule has 0 fully saturated rings. The molecule has 0 atom stereocenters. The van der Waals surface area contributed by atoms with Gasteiger partial charge in [0, 0.05) is 11.6 Å². The Kier molecular flexibility index (Phi) is 3.78. The average molecular weight is 286 g/mol. The van der Waals surface area contributed by atoms with Gasteiger partial charge in [0.2, 0.25) is 0 Å². The second kappa shape index (κ2) is 5.02. The number of carbonyl (C=O) groups excluding carboxylic acids is 1. The Morgan fingerprint density at radius 1 is 1.50 bits per heavy atom. The van der Waals surface area contributed by atoms with Crippen molar-refractivity contribution in [1.82, 2.24) is 0 Å². The predicted octanol–water partition coefficient (Wildman–Crippen LogP) is 3.02. The van der Waals surface area contributed by atoms with Crippen LogP contribution < -0.4 is 9.64 Å². The number of carbonyl (C=O) groups is 1. The van der Waals surface area contributed by atoms with Crippen LogP contribution >= 0.6 is 24.2 Å². The van der Waals surface area contributed by atoms with Crippen LogP contribution in [0.1, 0.15) is 13.8 Å². The van der Waals surface area contributed by atoms with Crippen LogP contribution in [-0.4, -0.2) is 24.8 Å². The Hall–Kier alpha value is -0.870. The van der Waals surface area contributed by atoms with E-state index in [0.29, 0.717) is 23.1 Å². The minimum absolute atomic E-state index is 0.0420. The molecular formula is C13H16ClNO2S. The first-order valence-corrected chi connectivity index (χ1v) is 6.77. The molecule has 3 nitrogen and oxygen atoms in total. The minimum Gasteiger partial charge on any atom is -0.482 e. The normalized spacial score (nSPS) is 15.3. The van der Waals surface area contributed by atoms with E-state index in [2.05, 4.69) is 26.5 Å². The van der Waals surface area contributed by atoms with Crippen molar-refractivity contribution in [3.8, 4) is 5.75 Å². The number of fused-ring (bicyclic) bond motifs is 1. The number of halogens is 1. The van der Waals surface area contributed by atoms with E-state index in [-0.39, 0.29) is 17.9 Å². The molecular weight excluding hydrogens is 270 g/mol. The van der Waals surface area contributed by atoms with Gasteiger partial charge in [0.15, 0.2) is 6.61 Å². The maximum Gasteiger partial charge on any atom is 0.265 e. The topological polar surface area (TPSA) is 29.5 Å². The summed E-state index contributed by atoms with van der Waals surface area (Å²) in [6, 6.07) is 5.32. The Balaban J connectivity index is 2.36. The van der Waals surface area contributed by atoms with E-state index in [1.807, 2.05) is 0 Å². The van der Waals surface area contributed by atoms with Gasteiger partial charge in [-0.25, -0.2) is 0 Å². The van der Waals surface area contributed by atoms with Gasteiger partial charge in [0.25, 0.3) is 5.91 Å². The maximum absolute atomic E-state index is 12.0. The smallest absolute Gasteiger partial charge is 0.265 e. The summed E-state index contributed by atoms with van der Waals surface area (Å²) in [6.07, 6.45) is 0. The van der Waals surface area contributed by atoms with Gasteiger partial charge < -0.3 is 9.64 Å². The third-order valence-corrected chi connectivity index (χ3v) is 3.97. The molecule has 0 bridgehead atoms. The molecule has 1 aliphatic heterocycles. The Morgan fingerprint density at radius 3 is 2.89 bits per heavy atom. The molecule has 1 aliphatic rings. The second-order valence-corrected chi connectivity index (χ2v) is 5.96. The molecule has 98 valence electrons. The predicted molar refractivity (Wildman–Crippen MR) is 76.9 cm³/mol. The zero-order chi connectivity index (χ0) is 13.3. The van der Waals surface area contributed by atoms with Gasteiger partial charge in [-0.15, -0.1) is 0 Å². The fourth-order valence-corrected chi connectivity index (χ4v) is 2.09. The quantitative estimate of drug-likeness (QED) is 0.865. The molecule has 0 unspecified atom stereocenters. The lowest BCUT2D eigenvalue weighted by Gasteiger charge is -2.35. The van der Waals surface area contributed by atoms with Crippen LogP contribution in [0, 0.1) is 5.41 Å². The largest absolute Gasteiger partial charge is 0.482 e. The van der Waals surface area contributed by atoms with Crippen molar-refractivity contribution in [3.63, 3.8) is 0 Å². The van der Waals surface area contributed by atoms with E-state index in [1.54, 1.807) is 23.1 Å². The first-order chi connectivity index (χ1) is 8.43. The molecule has 0 radical (unpaired) electrons. The highest BCUT2D eigenvalue weighted by Crippen LogP contribution is 2.36. The van der Waals surface area contributed by atoms with Gasteiger partial charge in [-0.2, -0.15) is 12.6 Å². The number of benzene rings is 1. The van der Waals surface area contributed by atoms with Gasteiger partial charge in [-0.3, -0.25) is 4.79 Å². The summed E-state index contributed by atoms with van der Waals surface area (Å²) >= 11 is 10.3. The van der Waals surface area contributed by atoms with E-state index < -0.39 is 0 Å². The van der Waals surface area contributed by atoms with Crippen molar-refractivity contribution >= 4 is 35.8 Å². The zero-order valence-corrected chi connectivity index (χ0v) is 12.1. The number of hydrogen-bond donors (Lipinski definition) is 1.